The van der Waals surface area contributed by atoms with Gasteiger partial charge in [0.05, 0.1) is 16.2 Å². The molecule has 27 heavy (non-hydrogen) atoms. The molecule has 0 atom stereocenters. The fourth-order valence-electron chi connectivity index (χ4n) is 3.48. The second-order valence-corrected chi connectivity index (χ2v) is 9.01. The van der Waals surface area contributed by atoms with Gasteiger partial charge in [-0.1, -0.05) is 42.4 Å². The van der Waals surface area contributed by atoms with Crippen LogP contribution in [0, 0.1) is 0 Å². The Hall–Kier alpha value is -1.63. The number of fused-ring (bicyclic) bond motifs is 3. The van der Waals surface area contributed by atoms with Crippen LogP contribution in [0.25, 0.3) is 10.2 Å². The molecule has 1 aliphatic rings. The molecule has 0 bridgehead atoms. The molecule has 7 heteroatoms. The minimum Gasteiger partial charge on any atom is -0.293 e. The normalized spacial score (nSPS) is 13.3. The number of halogens is 1. The average Bonchev–Trinajstić information content (AvgIpc) is 3.23. The highest BCUT2D eigenvalue weighted by Crippen LogP contribution is 2.35. The number of rotatable bonds is 6. The summed E-state index contributed by atoms with van der Waals surface area (Å²) in [5.74, 6) is 0.146. The van der Waals surface area contributed by atoms with Crippen LogP contribution in [-0.4, -0.2) is 21.1 Å². The summed E-state index contributed by atoms with van der Waals surface area (Å²) in [4.78, 5) is 32.6. The number of aromatic nitrogens is 2. The molecule has 2 heterocycles. The van der Waals surface area contributed by atoms with E-state index < -0.39 is 0 Å². The third-order valence-corrected chi connectivity index (χ3v) is 7.24. The number of thioether (sulfide) groups is 1. The molecule has 0 fully saturated rings. The molecular formula is C20H19ClN2O2S2. The van der Waals surface area contributed by atoms with E-state index >= 15 is 0 Å². The minimum atomic E-state index is -0.0586. The van der Waals surface area contributed by atoms with Crippen molar-refractivity contribution in [3.63, 3.8) is 0 Å². The van der Waals surface area contributed by atoms with Crippen molar-refractivity contribution < 1.29 is 4.79 Å². The number of aryl methyl sites for hydroxylation is 2. The Balaban J connectivity index is 1.69. The topological polar surface area (TPSA) is 52.0 Å². The van der Waals surface area contributed by atoms with Crippen LogP contribution < -0.4 is 5.56 Å². The molecule has 0 aliphatic heterocycles. The Kier molecular flexibility index (Phi) is 5.39. The number of hydrogen-bond acceptors (Lipinski definition) is 5. The van der Waals surface area contributed by atoms with E-state index in [-0.39, 0.29) is 17.1 Å². The molecule has 4 rings (SSSR count). The Morgan fingerprint density at radius 2 is 2.15 bits per heavy atom. The first kappa shape index (κ1) is 18.7. The maximum absolute atomic E-state index is 13.1. The summed E-state index contributed by atoms with van der Waals surface area (Å²) < 4.78 is 1.73. The number of hydrogen-bond donors (Lipinski definition) is 0. The predicted molar refractivity (Wildman–Crippen MR) is 113 cm³/mol. The van der Waals surface area contributed by atoms with Gasteiger partial charge in [0.1, 0.15) is 4.83 Å². The largest absolute Gasteiger partial charge is 0.293 e. The Bertz CT molecular complexity index is 1090. The second-order valence-electron chi connectivity index (χ2n) is 6.58. The maximum Gasteiger partial charge on any atom is 0.263 e. The summed E-state index contributed by atoms with van der Waals surface area (Å²) in [6, 6.07) is 7.04. The van der Waals surface area contributed by atoms with E-state index in [9.17, 15) is 9.59 Å². The fraction of sp³-hybridized carbons (Fsp3) is 0.350. The highest BCUT2D eigenvalue weighted by atomic mass is 35.5. The van der Waals surface area contributed by atoms with Crippen molar-refractivity contribution in [1.29, 1.82) is 0 Å². The Labute approximate surface area is 170 Å². The van der Waals surface area contributed by atoms with Crippen molar-refractivity contribution in [2.45, 2.75) is 44.3 Å². The van der Waals surface area contributed by atoms with Gasteiger partial charge in [0.15, 0.2) is 10.9 Å². The first-order chi connectivity index (χ1) is 13.1. The number of carbonyl (C=O) groups excluding carboxylic acids is 1. The minimum absolute atomic E-state index is 0.0361. The lowest BCUT2D eigenvalue weighted by Crippen LogP contribution is -2.23. The number of thiophene rings is 1. The molecule has 140 valence electrons. The molecule has 2 aromatic heterocycles. The number of nitrogens with zero attached hydrogens (tertiary/aromatic N) is 2. The number of Topliss-reactive ketones (excluding diaryl/α,β-unsaturated/α-hetero) is 1. The van der Waals surface area contributed by atoms with Crippen molar-refractivity contribution in [3.8, 4) is 0 Å². The van der Waals surface area contributed by atoms with Gasteiger partial charge < -0.3 is 0 Å². The fourth-order valence-corrected chi connectivity index (χ4v) is 5.94. The molecule has 0 amide bonds. The van der Waals surface area contributed by atoms with Crippen LogP contribution in [0.5, 0.6) is 0 Å². The molecule has 0 saturated carbocycles. The maximum atomic E-state index is 13.1. The molecule has 1 aliphatic carbocycles. The Morgan fingerprint density at radius 1 is 1.33 bits per heavy atom. The zero-order chi connectivity index (χ0) is 19.0. The quantitative estimate of drug-likeness (QED) is 0.321. The molecule has 3 aromatic rings. The van der Waals surface area contributed by atoms with E-state index in [1.807, 2.05) is 6.92 Å². The highest BCUT2D eigenvalue weighted by molar-refractivity contribution is 7.99. The van der Waals surface area contributed by atoms with E-state index in [0.29, 0.717) is 22.3 Å². The lowest BCUT2D eigenvalue weighted by atomic mass is 10.1. The van der Waals surface area contributed by atoms with Crippen molar-refractivity contribution in [2.24, 2.45) is 0 Å². The third-order valence-electron chi connectivity index (χ3n) is 4.74. The van der Waals surface area contributed by atoms with Crippen LogP contribution in [0.15, 0.2) is 34.2 Å². The smallest absolute Gasteiger partial charge is 0.263 e. The van der Waals surface area contributed by atoms with Crippen LogP contribution >= 0.6 is 34.7 Å². The van der Waals surface area contributed by atoms with E-state index in [0.717, 1.165) is 35.9 Å². The molecule has 1 aromatic carbocycles. The summed E-state index contributed by atoms with van der Waals surface area (Å²) >= 11 is 9.08. The van der Waals surface area contributed by atoms with Gasteiger partial charge in [0, 0.05) is 17.0 Å². The van der Waals surface area contributed by atoms with Gasteiger partial charge in [-0.2, -0.15) is 0 Å². The monoisotopic (exact) mass is 418 g/mol. The summed E-state index contributed by atoms with van der Waals surface area (Å²) in [5.41, 5.74) is 1.74. The van der Waals surface area contributed by atoms with Gasteiger partial charge in [-0.3, -0.25) is 14.2 Å². The standard InChI is InChI=1S/C20H19ClN2O2S2/c1-2-10-23-19(25)17-13-7-5-9-16(13)27-18(17)22-20(23)26-11-15(24)12-6-3-4-8-14(12)21/h3-4,6,8H,2,5,7,9-11H2,1H3. The van der Waals surface area contributed by atoms with E-state index in [2.05, 4.69) is 0 Å². The lowest BCUT2D eigenvalue weighted by molar-refractivity contribution is 0.102. The second kappa shape index (κ2) is 7.78. The van der Waals surface area contributed by atoms with Gasteiger partial charge in [-0.15, -0.1) is 11.3 Å². The van der Waals surface area contributed by atoms with Gasteiger partial charge >= 0.3 is 0 Å². The summed E-state index contributed by atoms with van der Waals surface area (Å²) in [6.07, 6.45) is 3.96. The summed E-state index contributed by atoms with van der Waals surface area (Å²) in [5, 5.41) is 1.87. The van der Waals surface area contributed by atoms with Crippen molar-refractivity contribution in [1.82, 2.24) is 9.55 Å². The van der Waals surface area contributed by atoms with Crippen molar-refractivity contribution >= 4 is 50.7 Å². The number of benzene rings is 1. The van der Waals surface area contributed by atoms with Crippen molar-refractivity contribution in [2.75, 3.05) is 5.75 Å². The predicted octanol–water partition coefficient (Wildman–Crippen LogP) is 4.99. The van der Waals surface area contributed by atoms with Crippen LogP contribution in [0.4, 0.5) is 0 Å². The average molecular weight is 419 g/mol. The number of carbonyl (C=O) groups is 1. The Morgan fingerprint density at radius 3 is 2.93 bits per heavy atom. The van der Waals surface area contributed by atoms with E-state index in [1.54, 1.807) is 40.2 Å². The molecule has 0 spiro atoms. The SMILES string of the molecule is CCCn1c(SCC(=O)c2ccccc2Cl)nc2sc3c(c2c1=O)CCC3. The van der Waals surface area contributed by atoms with E-state index in [1.165, 1.54) is 22.2 Å². The van der Waals surface area contributed by atoms with Gasteiger partial charge in [-0.05, 0) is 43.4 Å². The van der Waals surface area contributed by atoms with Crippen LogP contribution in [0.1, 0.15) is 40.6 Å². The lowest BCUT2D eigenvalue weighted by Gasteiger charge is -2.11. The molecule has 0 saturated heterocycles. The molecule has 4 nitrogen and oxygen atoms in total. The molecule has 0 unspecified atom stereocenters. The van der Waals surface area contributed by atoms with Crippen molar-refractivity contribution in [3.05, 3.63) is 55.6 Å². The first-order valence-electron chi connectivity index (χ1n) is 9.05. The molecule has 0 radical (unpaired) electrons. The van der Waals surface area contributed by atoms with Gasteiger partial charge in [0.2, 0.25) is 0 Å². The van der Waals surface area contributed by atoms with Gasteiger partial charge in [-0.25, -0.2) is 4.98 Å². The third kappa shape index (κ3) is 3.46. The number of ketones is 1. The molecular weight excluding hydrogens is 400 g/mol. The summed E-state index contributed by atoms with van der Waals surface area (Å²) in [7, 11) is 0. The first-order valence-corrected chi connectivity index (χ1v) is 11.2. The molecule has 0 N–H and O–H groups in total. The van der Waals surface area contributed by atoms with Crippen LogP contribution in [-0.2, 0) is 19.4 Å². The van der Waals surface area contributed by atoms with Crippen LogP contribution in [0.2, 0.25) is 5.02 Å². The zero-order valence-corrected chi connectivity index (χ0v) is 17.3. The highest BCUT2D eigenvalue weighted by Gasteiger charge is 2.23. The van der Waals surface area contributed by atoms with Gasteiger partial charge in [0.25, 0.3) is 5.56 Å². The van der Waals surface area contributed by atoms with Crippen LogP contribution in [0.3, 0.4) is 0 Å². The summed E-state index contributed by atoms with van der Waals surface area (Å²) in [6.45, 7) is 2.65. The zero-order valence-electron chi connectivity index (χ0n) is 15.0. The van der Waals surface area contributed by atoms with E-state index in [4.69, 9.17) is 16.6 Å².